The van der Waals surface area contributed by atoms with Crippen LogP contribution in [0.25, 0.3) is 10.9 Å². The second kappa shape index (κ2) is 6.08. The maximum atomic E-state index is 12.1. The van der Waals surface area contributed by atoms with E-state index >= 15 is 0 Å². The number of fused-ring (bicyclic) bond motifs is 1. The third-order valence-electron chi connectivity index (χ3n) is 2.86. The molecule has 7 nitrogen and oxygen atoms in total. The van der Waals surface area contributed by atoms with Gasteiger partial charge in [0, 0.05) is 22.2 Å². The minimum atomic E-state index is -0.574. The number of carbonyl (C=O) groups is 1. The van der Waals surface area contributed by atoms with Crippen molar-refractivity contribution in [1.29, 1.82) is 0 Å². The van der Waals surface area contributed by atoms with E-state index in [1.165, 1.54) is 0 Å². The molecule has 5 N–H and O–H groups in total. The predicted molar refractivity (Wildman–Crippen MR) is 82.0 cm³/mol. The Morgan fingerprint density at radius 2 is 2.00 bits per heavy atom. The Labute approximate surface area is 121 Å². The van der Waals surface area contributed by atoms with Crippen LogP contribution in [0, 0.1) is 6.92 Å². The average molecular weight is 287 g/mol. The van der Waals surface area contributed by atoms with E-state index in [-0.39, 0.29) is 18.3 Å². The molecule has 0 radical (unpaired) electrons. The van der Waals surface area contributed by atoms with Gasteiger partial charge in [-0.15, -0.1) is 10.2 Å². The van der Waals surface area contributed by atoms with Gasteiger partial charge in [0.15, 0.2) is 5.71 Å². The van der Waals surface area contributed by atoms with E-state index in [2.05, 4.69) is 15.2 Å². The number of esters is 1. The summed E-state index contributed by atoms with van der Waals surface area (Å²) < 4.78 is 5.03. The van der Waals surface area contributed by atoms with E-state index in [4.69, 9.17) is 16.2 Å². The molecule has 0 saturated carbocycles. The fourth-order valence-electron chi connectivity index (χ4n) is 2.08. The Kier molecular flexibility index (Phi) is 4.22. The molecule has 0 aliphatic heterocycles. The second-order valence-electron chi connectivity index (χ2n) is 4.36. The summed E-state index contributed by atoms with van der Waals surface area (Å²) in [6.45, 7) is 3.80. The second-order valence-corrected chi connectivity index (χ2v) is 4.36. The van der Waals surface area contributed by atoms with E-state index in [1.54, 1.807) is 6.92 Å². The topological polar surface area (TPSA) is 119 Å². The molecule has 0 bridgehead atoms. The quantitative estimate of drug-likeness (QED) is 0.336. The van der Waals surface area contributed by atoms with Crippen LogP contribution in [0.2, 0.25) is 0 Å². The van der Waals surface area contributed by atoms with Crippen LogP contribution in [0.4, 0.5) is 0 Å². The lowest BCUT2D eigenvalue weighted by Gasteiger charge is -2.05. The summed E-state index contributed by atoms with van der Waals surface area (Å²) in [5.74, 6) is -0.801. The number of nitrogens with zero attached hydrogens (tertiary/aromatic N) is 2. The molecule has 1 heterocycles. The molecular weight excluding hydrogens is 270 g/mol. The number of benzene rings is 1. The standard InChI is InChI=1S/C14H17N5O2/c1-3-21-13(20)12(18-19-14(15)16)11-8(2)17-10-7-5-4-6-9(10)11/h4-7,17H,3H2,1-2H3,(H4,15,16,19)/b18-12-. The van der Waals surface area contributed by atoms with Crippen molar-refractivity contribution in [1.82, 2.24) is 4.98 Å². The Hall–Kier alpha value is -2.83. The minimum Gasteiger partial charge on any atom is -0.461 e. The van der Waals surface area contributed by atoms with Crippen molar-refractivity contribution in [3.8, 4) is 0 Å². The van der Waals surface area contributed by atoms with Crippen molar-refractivity contribution < 1.29 is 9.53 Å². The Morgan fingerprint density at radius 3 is 2.67 bits per heavy atom. The number of aromatic amines is 1. The van der Waals surface area contributed by atoms with Crippen molar-refractivity contribution >= 4 is 28.5 Å². The summed E-state index contributed by atoms with van der Waals surface area (Å²) in [5.41, 5.74) is 12.9. The van der Waals surface area contributed by atoms with Gasteiger partial charge in [-0.05, 0) is 19.9 Å². The molecule has 0 atom stereocenters. The molecule has 21 heavy (non-hydrogen) atoms. The Balaban J connectivity index is 2.64. The van der Waals surface area contributed by atoms with Gasteiger partial charge in [-0.3, -0.25) is 0 Å². The molecule has 0 fully saturated rings. The van der Waals surface area contributed by atoms with Crippen molar-refractivity contribution in [3.05, 3.63) is 35.5 Å². The number of hydrogen-bond acceptors (Lipinski definition) is 4. The number of aromatic nitrogens is 1. The van der Waals surface area contributed by atoms with E-state index in [1.807, 2.05) is 31.2 Å². The van der Waals surface area contributed by atoms with Gasteiger partial charge in [-0.1, -0.05) is 18.2 Å². The van der Waals surface area contributed by atoms with Gasteiger partial charge in [0.05, 0.1) is 6.61 Å². The van der Waals surface area contributed by atoms with Gasteiger partial charge in [0.1, 0.15) is 0 Å². The van der Waals surface area contributed by atoms with Crippen molar-refractivity contribution in [3.63, 3.8) is 0 Å². The Morgan fingerprint density at radius 1 is 1.29 bits per heavy atom. The van der Waals surface area contributed by atoms with Crippen LogP contribution in [0.5, 0.6) is 0 Å². The van der Waals surface area contributed by atoms with Gasteiger partial charge in [0.25, 0.3) is 0 Å². The fraction of sp³-hybridized carbons (Fsp3) is 0.214. The number of nitrogens with two attached hydrogens (primary N) is 2. The molecule has 2 rings (SSSR count). The zero-order valence-corrected chi connectivity index (χ0v) is 11.9. The van der Waals surface area contributed by atoms with Gasteiger partial charge in [-0.2, -0.15) is 0 Å². The third-order valence-corrected chi connectivity index (χ3v) is 2.86. The van der Waals surface area contributed by atoms with Crippen LogP contribution in [-0.4, -0.2) is 29.2 Å². The number of nitrogens with one attached hydrogen (secondary N) is 1. The first-order chi connectivity index (χ1) is 10.0. The lowest BCUT2D eigenvalue weighted by Crippen LogP contribution is -2.23. The largest absolute Gasteiger partial charge is 0.461 e. The summed E-state index contributed by atoms with van der Waals surface area (Å²) >= 11 is 0. The molecule has 0 unspecified atom stereocenters. The first-order valence-electron chi connectivity index (χ1n) is 6.46. The number of para-hydroxylation sites is 1. The monoisotopic (exact) mass is 287 g/mol. The number of carbonyl (C=O) groups excluding carboxylic acids is 1. The van der Waals surface area contributed by atoms with Crippen LogP contribution in [0.3, 0.4) is 0 Å². The molecule has 1 aromatic carbocycles. The number of guanidine groups is 1. The molecule has 1 aromatic heterocycles. The highest BCUT2D eigenvalue weighted by atomic mass is 16.5. The van der Waals surface area contributed by atoms with Gasteiger partial charge in [-0.25, -0.2) is 4.79 Å². The lowest BCUT2D eigenvalue weighted by atomic mass is 10.1. The zero-order chi connectivity index (χ0) is 15.4. The molecule has 110 valence electrons. The molecule has 0 amide bonds. The molecule has 0 saturated heterocycles. The highest BCUT2D eigenvalue weighted by Gasteiger charge is 2.22. The third kappa shape index (κ3) is 3.02. The van der Waals surface area contributed by atoms with E-state index in [0.29, 0.717) is 5.56 Å². The van der Waals surface area contributed by atoms with Gasteiger partial charge < -0.3 is 21.2 Å². The van der Waals surface area contributed by atoms with Crippen LogP contribution in [-0.2, 0) is 9.53 Å². The lowest BCUT2D eigenvalue weighted by molar-refractivity contribution is -0.134. The summed E-state index contributed by atoms with van der Waals surface area (Å²) in [5, 5.41) is 8.29. The van der Waals surface area contributed by atoms with E-state index in [9.17, 15) is 4.79 Å². The highest BCUT2D eigenvalue weighted by molar-refractivity contribution is 6.45. The predicted octanol–water partition coefficient (Wildman–Crippen LogP) is 1.02. The maximum Gasteiger partial charge on any atom is 0.359 e. The number of hydrogen-bond donors (Lipinski definition) is 3. The first kappa shape index (κ1) is 14.6. The van der Waals surface area contributed by atoms with Crippen LogP contribution in [0.1, 0.15) is 18.2 Å². The molecule has 0 aliphatic rings. The molecule has 0 aliphatic carbocycles. The minimum absolute atomic E-state index is 0.0696. The normalized spacial score (nSPS) is 11.4. The van der Waals surface area contributed by atoms with Gasteiger partial charge >= 0.3 is 5.97 Å². The smallest absolute Gasteiger partial charge is 0.359 e. The van der Waals surface area contributed by atoms with Crippen LogP contribution in [0.15, 0.2) is 34.5 Å². The van der Waals surface area contributed by atoms with Crippen molar-refractivity contribution in [2.45, 2.75) is 13.8 Å². The van der Waals surface area contributed by atoms with Crippen molar-refractivity contribution in [2.24, 2.45) is 21.7 Å². The SMILES string of the molecule is CCOC(=O)/C(=N\N=C(N)N)c1c(C)[nH]c2ccccc12. The van der Waals surface area contributed by atoms with Crippen LogP contribution >= 0.6 is 0 Å². The molecular formula is C14H17N5O2. The number of aryl methyl sites for hydroxylation is 1. The van der Waals surface area contributed by atoms with Gasteiger partial charge in [0.2, 0.25) is 5.96 Å². The number of ether oxygens (including phenoxy) is 1. The maximum absolute atomic E-state index is 12.1. The fourth-order valence-corrected chi connectivity index (χ4v) is 2.08. The Bertz CT molecular complexity index is 726. The van der Waals surface area contributed by atoms with E-state index < -0.39 is 5.97 Å². The first-order valence-corrected chi connectivity index (χ1v) is 6.46. The number of rotatable bonds is 4. The molecule has 2 aromatic rings. The molecule has 0 spiro atoms. The number of H-pyrrole nitrogens is 1. The van der Waals surface area contributed by atoms with E-state index in [0.717, 1.165) is 16.6 Å². The highest BCUT2D eigenvalue weighted by Crippen LogP contribution is 2.23. The average Bonchev–Trinajstić information content (AvgIpc) is 2.76. The molecule has 7 heteroatoms. The zero-order valence-electron chi connectivity index (χ0n) is 11.9. The van der Waals surface area contributed by atoms with Crippen molar-refractivity contribution in [2.75, 3.05) is 6.61 Å². The summed E-state index contributed by atoms with van der Waals surface area (Å²) in [6, 6.07) is 7.58. The van der Waals surface area contributed by atoms with Crippen LogP contribution < -0.4 is 11.5 Å². The summed E-state index contributed by atoms with van der Waals surface area (Å²) in [4.78, 5) is 15.3. The summed E-state index contributed by atoms with van der Waals surface area (Å²) in [7, 11) is 0. The summed E-state index contributed by atoms with van der Waals surface area (Å²) in [6.07, 6.45) is 0.